The molecule has 0 saturated carbocycles. The Hall–Kier alpha value is -3.60. The maximum atomic E-state index is 13.6. The van der Waals surface area contributed by atoms with Gasteiger partial charge < -0.3 is 14.7 Å². The van der Waals surface area contributed by atoms with E-state index in [4.69, 9.17) is 4.74 Å². The third-order valence-corrected chi connectivity index (χ3v) is 7.21. The van der Waals surface area contributed by atoms with E-state index in [1.54, 1.807) is 7.11 Å². The Balaban J connectivity index is 1.58. The molecular weight excluding hydrogens is 414 g/mol. The average Bonchev–Trinajstić information content (AvgIpc) is 3.20. The molecule has 0 radical (unpaired) electrons. The van der Waals surface area contributed by atoms with Crippen molar-refractivity contribution in [1.82, 2.24) is 4.90 Å². The maximum Gasteiger partial charge on any atom is 0.311 e. The molecule has 168 valence electrons. The van der Waals surface area contributed by atoms with Crippen molar-refractivity contribution in [2.24, 2.45) is 11.8 Å². The summed E-state index contributed by atoms with van der Waals surface area (Å²) < 4.78 is 5.40. The Bertz CT molecular complexity index is 1160. The minimum atomic E-state index is -0.841. The number of likely N-dealkylation sites (tertiary alicyclic amines) is 1. The predicted octanol–water partition coefficient (Wildman–Crippen LogP) is 4.42. The van der Waals surface area contributed by atoms with Gasteiger partial charge in [-0.25, -0.2) is 0 Å². The molecule has 1 heterocycles. The number of aliphatic carboxylic acids is 1. The number of hydrogen-bond donors (Lipinski definition) is 1. The zero-order valence-electron chi connectivity index (χ0n) is 18.6. The first kappa shape index (κ1) is 21.3. The molecule has 5 heteroatoms. The molecule has 0 bridgehead atoms. The number of benzene rings is 3. The number of fused-ring (bicyclic) bond motifs is 2. The zero-order chi connectivity index (χ0) is 22.9. The van der Waals surface area contributed by atoms with Crippen LogP contribution in [-0.4, -0.2) is 41.6 Å². The van der Waals surface area contributed by atoms with E-state index in [0.717, 1.165) is 23.1 Å². The molecule has 1 aliphatic carbocycles. The van der Waals surface area contributed by atoms with E-state index in [-0.39, 0.29) is 23.8 Å². The molecule has 3 aromatic carbocycles. The molecule has 1 aliphatic heterocycles. The highest BCUT2D eigenvalue weighted by molar-refractivity contribution is 5.95. The molecule has 0 spiro atoms. The lowest BCUT2D eigenvalue weighted by Crippen LogP contribution is -2.43. The maximum absolute atomic E-state index is 13.6. The summed E-state index contributed by atoms with van der Waals surface area (Å²) in [4.78, 5) is 28.2. The van der Waals surface area contributed by atoms with Gasteiger partial charge in [0.1, 0.15) is 5.75 Å². The number of carbonyl (C=O) groups excluding carboxylic acids is 1. The van der Waals surface area contributed by atoms with Crippen molar-refractivity contribution in [2.75, 3.05) is 13.7 Å². The van der Waals surface area contributed by atoms with Crippen molar-refractivity contribution >= 4 is 11.9 Å². The van der Waals surface area contributed by atoms with E-state index in [0.29, 0.717) is 24.3 Å². The largest absolute Gasteiger partial charge is 0.497 e. The Morgan fingerprint density at radius 3 is 2.36 bits per heavy atom. The van der Waals surface area contributed by atoms with Gasteiger partial charge in [0.25, 0.3) is 5.91 Å². The van der Waals surface area contributed by atoms with Crippen LogP contribution in [0.1, 0.15) is 33.0 Å². The number of carboxylic acids is 1. The topological polar surface area (TPSA) is 66.8 Å². The van der Waals surface area contributed by atoms with Gasteiger partial charge in [-0.05, 0) is 59.7 Å². The van der Waals surface area contributed by atoms with Crippen LogP contribution in [0.15, 0.2) is 78.9 Å². The number of carboxylic acid groups (broad SMARTS) is 1. The number of nitrogens with zero attached hydrogens (tertiary/aromatic N) is 1. The van der Waals surface area contributed by atoms with Gasteiger partial charge in [0.15, 0.2) is 0 Å². The second kappa shape index (κ2) is 8.74. The summed E-state index contributed by atoms with van der Waals surface area (Å²) in [5, 5.41) is 10.4. The van der Waals surface area contributed by atoms with Gasteiger partial charge in [0.2, 0.25) is 0 Å². The summed E-state index contributed by atoms with van der Waals surface area (Å²) >= 11 is 0. The van der Waals surface area contributed by atoms with Crippen LogP contribution in [0.3, 0.4) is 0 Å². The molecule has 1 saturated heterocycles. The number of amides is 1. The number of carbonyl (C=O) groups is 2. The Kier molecular flexibility index (Phi) is 5.63. The highest BCUT2D eigenvalue weighted by Crippen LogP contribution is 2.49. The van der Waals surface area contributed by atoms with Crippen LogP contribution >= 0.6 is 0 Å². The first-order valence-electron chi connectivity index (χ1n) is 11.4. The van der Waals surface area contributed by atoms with Crippen LogP contribution in [0.25, 0.3) is 0 Å². The van der Waals surface area contributed by atoms with Crippen molar-refractivity contribution in [1.29, 1.82) is 0 Å². The number of hydrogen-bond acceptors (Lipinski definition) is 3. The fourth-order valence-electron chi connectivity index (χ4n) is 5.77. The third kappa shape index (κ3) is 3.88. The van der Waals surface area contributed by atoms with Crippen molar-refractivity contribution in [3.05, 3.63) is 101 Å². The summed E-state index contributed by atoms with van der Waals surface area (Å²) in [5.74, 6) is -0.976. The molecule has 1 fully saturated rings. The van der Waals surface area contributed by atoms with E-state index in [9.17, 15) is 14.7 Å². The summed E-state index contributed by atoms with van der Waals surface area (Å²) in [6.45, 7) is 0.561. The fourth-order valence-corrected chi connectivity index (χ4v) is 5.77. The van der Waals surface area contributed by atoms with E-state index < -0.39 is 11.9 Å². The smallest absolute Gasteiger partial charge is 0.311 e. The lowest BCUT2D eigenvalue weighted by molar-refractivity contribution is -0.141. The van der Waals surface area contributed by atoms with Crippen LogP contribution in [0, 0.1) is 11.8 Å². The second-order valence-electron chi connectivity index (χ2n) is 9.00. The fraction of sp³-hybridized carbons (Fsp3) is 0.286. The first-order valence-corrected chi connectivity index (χ1v) is 11.4. The predicted molar refractivity (Wildman–Crippen MR) is 125 cm³/mol. The van der Waals surface area contributed by atoms with Crippen LogP contribution < -0.4 is 4.74 Å². The molecule has 4 atom stereocenters. The average molecular weight is 442 g/mol. The highest BCUT2D eigenvalue weighted by atomic mass is 16.5. The summed E-state index contributed by atoms with van der Waals surface area (Å²) in [7, 11) is 1.59. The highest BCUT2D eigenvalue weighted by Gasteiger charge is 2.52. The molecule has 33 heavy (non-hydrogen) atoms. The van der Waals surface area contributed by atoms with Gasteiger partial charge in [-0.3, -0.25) is 9.59 Å². The van der Waals surface area contributed by atoms with Crippen LogP contribution in [0.4, 0.5) is 0 Å². The monoisotopic (exact) mass is 441 g/mol. The van der Waals surface area contributed by atoms with Crippen molar-refractivity contribution in [3.63, 3.8) is 0 Å². The quantitative estimate of drug-likeness (QED) is 0.637. The molecule has 3 aromatic rings. The molecule has 0 unspecified atom stereocenters. The zero-order valence-corrected chi connectivity index (χ0v) is 18.6. The lowest BCUT2D eigenvalue weighted by atomic mass is 9.67. The van der Waals surface area contributed by atoms with Crippen LogP contribution in [0.5, 0.6) is 5.75 Å². The van der Waals surface area contributed by atoms with E-state index in [1.165, 1.54) is 0 Å². The van der Waals surface area contributed by atoms with Gasteiger partial charge in [-0.1, -0.05) is 54.6 Å². The minimum Gasteiger partial charge on any atom is -0.497 e. The van der Waals surface area contributed by atoms with Gasteiger partial charge in [0.05, 0.1) is 13.0 Å². The van der Waals surface area contributed by atoms with E-state index in [2.05, 4.69) is 0 Å². The Morgan fingerprint density at radius 2 is 1.70 bits per heavy atom. The molecule has 1 N–H and O–H groups in total. The molecule has 0 aromatic heterocycles. The van der Waals surface area contributed by atoms with E-state index >= 15 is 0 Å². The van der Waals surface area contributed by atoms with Gasteiger partial charge in [-0.15, -0.1) is 0 Å². The normalized spacial score (nSPS) is 23.5. The van der Waals surface area contributed by atoms with Crippen LogP contribution in [0.2, 0.25) is 0 Å². The summed E-state index contributed by atoms with van der Waals surface area (Å²) in [6, 6.07) is 24.9. The second-order valence-corrected chi connectivity index (χ2v) is 9.00. The Morgan fingerprint density at radius 1 is 1.00 bits per heavy atom. The molecule has 5 rings (SSSR count). The van der Waals surface area contributed by atoms with Gasteiger partial charge >= 0.3 is 5.97 Å². The number of ether oxygens (including phenoxy) is 1. The molecule has 5 nitrogen and oxygen atoms in total. The first-order chi connectivity index (χ1) is 16.1. The summed E-state index contributed by atoms with van der Waals surface area (Å²) in [6.07, 6.45) is 1.39. The van der Waals surface area contributed by atoms with E-state index in [1.807, 2.05) is 83.8 Å². The van der Waals surface area contributed by atoms with Crippen LogP contribution in [-0.2, 0) is 17.6 Å². The molecule has 2 aliphatic rings. The summed E-state index contributed by atoms with van der Waals surface area (Å²) in [5.41, 5.74) is 3.60. The van der Waals surface area contributed by atoms with Gasteiger partial charge in [-0.2, -0.15) is 0 Å². The minimum absolute atomic E-state index is 0.0308. The standard InChI is InChI=1S/C28H27NO4/c1-33-22-13-12-20-15-21-17-29(27(30)19-10-6-3-7-11-19)24(14-18-8-4-2-5-9-18)25(21)26(28(31)32)23(20)16-22/h2-13,16,21,24-26H,14-15,17H2,1H3,(H,31,32)/t21-,24+,25-,26+/m1/s1. The number of rotatable bonds is 5. The number of methoxy groups -OCH3 is 1. The van der Waals surface area contributed by atoms with Crippen molar-refractivity contribution in [3.8, 4) is 5.75 Å². The molecule has 1 amide bonds. The van der Waals surface area contributed by atoms with Crippen molar-refractivity contribution in [2.45, 2.75) is 24.8 Å². The third-order valence-electron chi connectivity index (χ3n) is 7.21. The molecular formula is C28H27NO4. The Labute approximate surface area is 193 Å². The SMILES string of the molecule is COc1ccc2c(c1)[C@H](C(=O)O)[C@@H]1[C@H](C2)CN(C(=O)c2ccccc2)[C@H]1Cc1ccccc1. The van der Waals surface area contributed by atoms with Crippen molar-refractivity contribution < 1.29 is 19.4 Å². The van der Waals surface area contributed by atoms with Gasteiger partial charge in [0, 0.05) is 24.1 Å². The lowest BCUT2D eigenvalue weighted by Gasteiger charge is -2.36.